The molecule has 3 aromatic rings. The maximum absolute atomic E-state index is 12.8. The highest BCUT2D eigenvalue weighted by atomic mass is 16.5. The van der Waals surface area contributed by atoms with Gasteiger partial charge >= 0.3 is 0 Å². The van der Waals surface area contributed by atoms with Gasteiger partial charge in [0, 0.05) is 38.1 Å². The van der Waals surface area contributed by atoms with Crippen LogP contribution in [0.25, 0.3) is 11.0 Å². The molecule has 5 N–H and O–H groups in total. The molecule has 0 radical (unpaired) electrons. The fourth-order valence-electron chi connectivity index (χ4n) is 4.08. The lowest BCUT2D eigenvalue weighted by atomic mass is 10.1. The number of anilines is 3. The Morgan fingerprint density at radius 1 is 1.21 bits per heavy atom. The molecule has 2 aromatic heterocycles. The SMILES string of the molecule is CC(C)Cn1c(N)c(C(N)=O)c(=O)c2cnc(Nc3ccc(CCN4CCOCC4)cc3)nc21. The van der Waals surface area contributed by atoms with Crippen LogP contribution in [0.15, 0.2) is 35.3 Å². The van der Waals surface area contributed by atoms with Gasteiger partial charge in [-0.25, -0.2) is 4.98 Å². The second kappa shape index (κ2) is 10.2. The average molecular weight is 466 g/mol. The number of aromatic nitrogens is 3. The number of nitrogens with one attached hydrogen (secondary N) is 1. The average Bonchev–Trinajstić information content (AvgIpc) is 2.81. The maximum atomic E-state index is 12.8. The van der Waals surface area contributed by atoms with E-state index in [1.807, 2.05) is 26.0 Å². The minimum atomic E-state index is -0.863. The van der Waals surface area contributed by atoms with Crippen LogP contribution in [0.1, 0.15) is 29.8 Å². The van der Waals surface area contributed by atoms with Crippen molar-refractivity contribution in [1.29, 1.82) is 0 Å². The predicted molar refractivity (Wildman–Crippen MR) is 132 cm³/mol. The van der Waals surface area contributed by atoms with Gasteiger partial charge in [0.2, 0.25) is 11.4 Å². The van der Waals surface area contributed by atoms with Gasteiger partial charge in [-0.05, 0) is 30.0 Å². The third kappa shape index (κ3) is 5.18. The number of hydrogen-bond acceptors (Lipinski definition) is 8. The Morgan fingerprint density at radius 3 is 2.56 bits per heavy atom. The third-order valence-electron chi connectivity index (χ3n) is 5.87. The van der Waals surface area contributed by atoms with Crippen molar-refractivity contribution in [3.05, 3.63) is 51.8 Å². The lowest BCUT2D eigenvalue weighted by molar-refractivity contribution is 0.0384. The fourth-order valence-corrected chi connectivity index (χ4v) is 4.08. The summed E-state index contributed by atoms with van der Waals surface area (Å²) in [6, 6.07) is 8.12. The number of fused-ring (bicyclic) bond motifs is 1. The lowest BCUT2D eigenvalue weighted by Gasteiger charge is -2.26. The molecular weight excluding hydrogens is 434 g/mol. The predicted octanol–water partition coefficient (Wildman–Crippen LogP) is 1.75. The number of nitrogen functional groups attached to an aromatic ring is 1. The molecule has 1 aliphatic rings. The van der Waals surface area contributed by atoms with Crippen molar-refractivity contribution in [1.82, 2.24) is 19.4 Å². The minimum absolute atomic E-state index is 0.0213. The molecule has 0 spiro atoms. The fraction of sp³-hybridized carbons (Fsp3) is 0.417. The number of nitrogens with two attached hydrogens (primary N) is 2. The van der Waals surface area contributed by atoms with Crippen LogP contribution < -0.4 is 22.2 Å². The van der Waals surface area contributed by atoms with Crippen LogP contribution in [0, 0.1) is 5.92 Å². The van der Waals surface area contributed by atoms with E-state index in [1.54, 1.807) is 4.57 Å². The highest BCUT2D eigenvalue weighted by Gasteiger charge is 2.21. The highest BCUT2D eigenvalue weighted by Crippen LogP contribution is 2.21. The number of primary amides is 1. The van der Waals surface area contributed by atoms with Crippen LogP contribution in [-0.4, -0.2) is 58.2 Å². The van der Waals surface area contributed by atoms with E-state index < -0.39 is 11.3 Å². The highest BCUT2D eigenvalue weighted by molar-refractivity contribution is 6.00. The van der Waals surface area contributed by atoms with Gasteiger partial charge in [0.05, 0.1) is 18.6 Å². The number of amides is 1. The monoisotopic (exact) mass is 465 g/mol. The zero-order valence-corrected chi connectivity index (χ0v) is 19.6. The number of carbonyl (C=O) groups is 1. The smallest absolute Gasteiger partial charge is 0.256 e. The molecule has 1 fully saturated rings. The number of pyridine rings is 1. The minimum Gasteiger partial charge on any atom is -0.384 e. The van der Waals surface area contributed by atoms with Gasteiger partial charge in [-0.3, -0.25) is 14.5 Å². The molecule has 0 unspecified atom stereocenters. The first-order chi connectivity index (χ1) is 16.3. The zero-order valence-electron chi connectivity index (χ0n) is 19.6. The van der Waals surface area contributed by atoms with E-state index in [-0.39, 0.29) is 22.7 Å². The molecule has 10 heteroatoms. The van der Waals surface area contributed by atoms with Gasteiger partial charge in [0.15, 0.2) is 5.65 Å². The maximum Gasteiger partial charge on any atom is 0.256 e. The van der Waals surface area contributed by atoms with Crippen LogP contribution in [-0.2, 0) is 17.7 Å². The largest absolute Gasteiger partial charge is 0.384 e. The summed E-state index contributed by atoms with van der Waals surface area (Å²) < 4.78 is 7.05. The summed E-state index contributed by atoms with van der Waals surface area (Å²) in [4.78, 5) is 35.9. The molecule has 1 aliphatic heterocycles. The summed E-state index contributed by atoms with van der Waals surface area (Å²) in [5.74, 6) is -0.312. The van der Waals surface area contributed by atoms with Crippen molar-refractivity contribution in [2.45, 2.75) is 26.8 Å². The standard InChI is InChI=1S/C24H31N7O3/c1-15(2)14-31-21(25)19(22(26)33)20(32)18-13-27-24(29-23(18)31)28-17-5-3-16(4-6-17)7-8-30-9-11-34-12-10-30/h3-6,13,15H,7-12,14,25H2,1-2H3,(H2,26,33)(H,27,28,29). The Labute approximate surface area is 197 Å². The number of ether oxygens (including phenoxy) is 1. The normalized spacial score (nSPS) is 14.6. The van der Waals surface area contributed by atoms with Gasteiger partial charge in [0.25, 0.3) is 5.91 Å². The summed E-state index contributed by atoms with van der Waals surface area (Å²) in [6.07, 6.45) is 2.38. The van der Waals surface area contributed by atoms with Crippen molar-refractivity contribution in [2.75, 3.05) is 43.9 Å². The van der Waals surface area contributed by atoms with Gasteiger partial charge in [-0.1, -0.05) is 26.0 Å². The molecule has 10 nitrogen and oxygen atoms in total. The van der Waals surface area contributed by atoms with E-state index in [0.29, 0.717) is 18.1 Å². The first-order valence-electron chi connectivity index (χ1n) is 11.5. The lowest BCUT2D eigenvalue weighted by Crippen LogP contribution is -2.37. The van der Waals surface area contributed by atoms with Crippen LogP contribution in [0.4, 0.5) is 17.5 Å². The Balaban J connectivity index is 1.57. The molecule has 34 heavy (non-hydrogen) atoms. The molecule has 1 aromatic carbocycles. The molecule has 4 rings (SSSR count). The summed E-state index contributed by atoms with van der Waals surface area (Å²) in [5.41, 5.74) is 13.2. The Bertz CT molecular complexity index is 1230. The zero-order chi connectivity index (χ0) is 24.2. The molecule has 1 amide bonds. The Kier molecular flexibility index (Phi) is 7.09. The number of carbonyl (C=O) groups excluding carboxylic acids is 1. The molecule has 0 bridgehead atoms. The number of morpholine rings is 1. The molecular formula is C24H31N7O3. The van der Waals surface area contributed by atoms with Crippen LogP contribution in [0.2, 0.25) is 0 Å². The van der Waals surface area contributed by atoms with Gasteiger partial charge < -0.3 is 26.1 Å². The van der Waals surface area contributed by atoms with Gasteiger partial charge in [0.1, 0.15) is 11.4 Å². The van der Waals surface area contributed by atoms with Crippen molar-refractivity contribution in [2.24, 2.45) is 11.7 Å². The number of rotatable bonds is 8. The molecule has 180 valence electrons. The molecule has 0 aliphatic carbocycles. The Hall–Kier alpha value is -3.50. The van der Waals surface area contributed by atoms with Crippen molar-refractivity contribution in [3.8, 4) is 0 Å². The van der Waals surface area contributed by atoms with Crippen LogP contribution in [0.3, 0.4) is 0 Å². The van der Waals surface area contributed by atoms with E-state index >= 15 is 0 Å². The van der Waals surface area contributed by atoms with Crippen molar-refractivity contribution >= 4 is 34.4 Å². The van der Waals surface area contributed by atoms with Crippen LogP contribution in [0.5, 0.6) is 0 Å². The van der Waals surface area contributed by atoms with E-state index in [9.17, 15) is 9.59 Å². The summed E-state index contributed by atoms with van der Waals surface area (Å²) >= 11 is 0. The van der Waals surface area contributed by atoms with E-state index in [0.717, 1.165) is 45.0 Å². The van der Waals surface area contributed by atoms with E-state index in [2.05, 4.69) is 32.3 Å². The topological polar surface area (TPSA) is 141 Å². The third-order valence-corrected chi connectivity index (χ3v) is 5.87. The van der Waals surface area contributed by atoms with Gasteiger partial charge in [-0.15, -0.1) is 0 Å². The van der Waals surface area contributed by atoms with Crippen molar-refractivity contribution < 1.29 is 9.53 Å². The molecule has 0 atom stereocenters. The first-order valence-corrected chi connectivity index (χ1v) is 11.5. The number of nitrogens with zero attached hydrogens (tertiary/aromatic N) is 4. The molecule has 1 saturated heterocycles. The van der Waals surface area contributed by atoms with E-state index in [1.165, 1.54) is 11.8 Å². The molecule has 0 saturated carbocycles. The summed E-state index contributed by atoms with van der Waals surface area (Å²) in [5, 5.41) is 3.39. The second-order valence-corrected chi connectivity index (χ2v) is 8.91. The summed E-state index contributed by atoms with van der Waals surface area (Å²) in [6.45, 7) is 9.05. The number of benzene rings is 1. The second-order valence-electron chi connectivity index (χ2n) is 8.91. The van der Waals surface area contributed by atoms with E-state index in [4.69, 9.17) is 16.2 Å². The van der Waals surface area contributed by atoms with Crippen molar-refractivity contribution in [3.63, 3.8) is 0 Å². The van der Waals surface area contributed by atoms with Crippen LogP contribution >= 0.6 is 0 Å². The van der Waals surface area contributed by atoms with Gasteiger partial charge in [-0.2, -0.15) is 4.98 Å². The first kappa shape index (κ1) is 23.7. The molecule has 3 heterocycles. The Morgan fingerprint density at radius 2 is 1.91 bits per heavy atom. The quantitative estimate of drug-likeness (QED) is 0.457. The number of hydrogen-bond donors (Lipinski definition) is 3. The summed E-state index contributed by atoms with van der Waals surface area (Å²) in [7, 11) is 0.